The summed E-state index contributed by atoms with van der Waals surface area (Å²) in [6.45, 7) is -0.140. The van der Waals surface area contributed by atoms with Crippen molar-refractivity contribution < 1.29 is 39.8 Å². The molecule has 1 aliphatic heterocycles. The molecule has 1 rings (SSSR count). The van der Waals surface area contributed by atoms with Gasteiger partial charge in [0.1, 0.15) is 24.4 Å². The van der Waals surface area contributed by atoms with E-state index in [1.165, 1.54) is 0 Å². The lowest BCUT2D eigenvalue weighted by Gasteiger charge is -2.39. The summed E-state index contributed by atoms with van der Waals surface area (Å²) >= 11 is 0. The molecule has 1 saturated heterocycles. The largest absolute Gasteiger partial charge is 0.481 e. The van der Waals surface area contributed by atoms with Crippen LogP contribution in [0, 0.1) is 0 Å². The molecule has 5 N–H and O–H groups in total. The maximum absolute atomic E-state index is 10.3. The third kappa shape index (κ3) is 7.11. The minimum Gasteiger partial charge on any atom is -0.481 e. The van der Waals surface area contributed by atoms with E-state index in [0.29, 0.717) is 13.0 Å². The molecule has 0 saturated carbocycles. The van der Waals surface area contributed by atoms with Gasteiger partial charge in [-0.1, -0.05) is 25.7 Å². The van der Waals surface area contributed by atoms with Crippen LogP contribution in [-0.4, -0.2) is 75.4 Å². The lowest BCUT2D eigenvalue weighted by molar-refractivity contribution is -0.301. The molecule has 0 bridgehead atoms. The van der Waals surface area contributed by atoms with E-state index in [4.69, 9.17) is 19.7 Å². The number of aliphatic hydroxyl groups is 4. The highest BCUT2D eigenvalue weighted by molar-refractivity contribution is 5.66. The normalized spacial score (nSPS) is 31.2. The first kappa shape index (κ1) is 20.3. The van der Waals surface area contributed by atoms with Crippen LogP contribution < -0.4 is 0 Å². The fourth-order valence-corrected chi connectivity index (χ4v) is 2.49. The Morgan fingerprint density at radius 1 is 0.913 bits per heavy atom. The SMILES string of the molecule is O=C(O)CCCCCCCCO[C@@H]1O[C@@H](CO)[C@H](O)[C@H](O)[C@@H]1O. The number of carboxylic acids is 1. The lowest BCUT2D eigenvalue weighted by atomic mass is 9.99. The van der Waals surface area contributed by atoms with E-state index in [0.717, 1.165) is 32.1 Å². The molecule has 8 heteroatoms. The molecule has 0 aromatic heterocycles. The first-order valence-corrected chi connectivity index (χ1v) is 8.11. The van der Waals surface area contributed by atoms with Crippen molar-refractivity contribution in [2.75, 3.05) is 13.2 Å². The maximum Gasteiger partial charge on any atom is 0.303 e. The predicted octanol–water partition coefficient (Wildman–Crippen LogP) is -0.382. The molecule has 23 heavy (non-hydrogen) atoms. The fraction of sp³-hybridized carbons (Fsp3) is 0.933. The molecule has 136 valence electrons. The van der Waals surface area contributed by atoms with Crippen molar-refractivity contribution in [3.63, 3.8) is 0 Å². The predicted molar refractivity (Wildman–Crippen MR) is 79.7 cm³/mol. The Bertz CT molecular complexity index is 335. The molecule has 1 fully saturated rings. The highest BCUT2D eigenvalue weighted by atomic mass is 16.7. The summed E-state index contributed by atoms with van der Waals surface area (Å²) in [5.41, 5.74) is 0. The van der Waals surface area contributed by atoms with Crippen molar-refractivity contribution in [2.24, 2.45) is 0 Å². The Balaban J connectivity index is 2.09. The van der Waals surface area contributed by atoms with E-state index < -0.39 is 43.3 Å². The highest BCUT2D eigenvalue weighted by Gasteiger charge is 2.43. The second-order valence-electron chi connectivity index (χ2n) is 5.83. The smallest absolute Gasteiger partial charge is 0.303 e. The summed E-state index contributed by atoms with van der Waals surface area (Å²) in [7, 11) is 0. The number of aliphatic carboxylic acids is 1. The van der Waals surface area contributed by atoms with Gasteiger partial charge in [0.15, 0.2) is 6.29 Å². The topological polar surface area (TPSA) is 137 Å². The number of rotatable bonds is 11. The Hall–Kier alpha value is -0.770. The van der Waals surface area contributed by atoms with Gasteiger partial charge in [-0.05, 0) is 12.8 Å². The van der Waals surface area contributed by atoms with Crippen molar-refractivity contribution in [3.05, 3.63) is 0 Å². The van der Waals surface area contributed by atoms with Gasteiger partial charge in [-0.25, -0.2) is 0 Å². The monoisotopic (exact) mass is 336 g/mol. The molecule has 5 atom stereocenters. The second-order valence-corrected chi connectivity index (χ2v) is 5.83. The maximum atomic E-state index is 10.3. The third-order valence-electron chi connectivity index (χ3n) is 3.92. The van der Waals surface area contributed by atoms with Crippen LogP contribution in [0.5, 0.6) is 0 Å². The summed E-state index contributed by atoms with van der Waals surface area (Å²) in [4.78, 5) is 10.3. The molecule has 8 nitrogen and oxygen atoms in total. The number of hydrogen-bond acceptors (Lipinski definition) is 7. The first-order chi connectivity index (χ1) is 11.0. The second kappa shape index (κ2) is 10.9. The van der Waals surface area contributed by atoms with Crippen molar-refractivity contribution >= 4 is 5.97 Å². The summed E-state index contributed by atoms with van der Waals surface area (Å²) in [5.74, 6) is -0.766. The molecular weight excluding hydrogens is 308 g/mol. The van der Waals surface area contributed by atoms with Crippen LogP contribution in [0.2, 0.25) is 0 Å². The molecule has 1 aliphatic rings. The molecule has 0 aliphatic carbocycles. The zero-order chi connectivity index (χ0) is 17.2. The lowest BCUT2D eigenvalue weighted by Crippen LogP contribution is -2.59. The molecule has 0 unspecified atom stereocenters. The molecule has 0 spiro atoms. The number of aliphatic hydroxyl groups excluding tert-OH is 4. The third-order valence-corrected chi connectivity index (χ3v) is 3.92. The summed E-state index contributed by atoms with van der Waals surface area (Å²) in [6.07, 6.45) is -0.793. The van der Waals surface area contributed by atoms with Crippen LogP contribution in [0.1, 0.15) is 44.9 Å². The van der Waals surface area contributed by atoms with Crippen LogP contribution in [0.15, 0.2) is 0 Å². The standard InChI is InChI=1S/C15H28O8/c16-9-10-12(19)13(20)14(21)15(23-10)22-8-6-4-2-1-3-5-7-11(17)18/h10,12-16,19-21H,1-9H2,(H,17,18)/t10-,12-,13-,14-,15+/m0/s1. The van der Waals surface area contributed by atoms with E-state index in [2.05, 4.69) is 0 Å². The Morgan fingerprint density at radius 2 is 1.52 bits per heavy atom. The van der Waals surface area contributed by atoms with E-state index in [1.54, 1.807) is 0 Å². The summed E-state index contributed by atoms with van der Waals surface area (Å²) < 4.78 is 10.6. The van der Waals surface area contributed by atoms with E-state index >= 15 is 0 Å². The molecule has 0 aromatic rings. The number of ether oxygens (including phenoxy) is 2. The van der Waals surface area contributed by atoms with Crippen molar-refractivity contribution in [2.45, 2.75) is 75.7 Å². The quantitative estimate of drug-likeness (QED) is 0.322. The minimum atomic E-state index is -1.42. The average Bonchev–Trinajstić information content (AvgIpc) is 2.52. The molecule has 0 aromatic carbocycles. The molecular formula is C15H28O8. The fourth-order valence-electron chi connectivity index (χ4n) is 2.49. The van der Waals surface area contributed by atoms with Gasteiger partial charge in [0.25, 0.3) is 0 Å². The zero-order valence-electron chi connectivity index (χ0n) is 13.2. The number of unbranched alkanes of at least 4 members (excludes halogenated alkanes) is 5. The first-order valence-electron chi connectivity index (χ1n) is 8.11. The summed E-state index contributed by atoms with van der Waals surface area (Å²) in [6, 6.07) is 0. The van der Waals surface area contributed by atoms with Crippen LogP contribution in [-0.2, 0) is 14.3 Å². The van der Waals surface area contributed by atoms with Crippen molar-refractivity contribution in [3.8, 4) is 0 Å². The van der Waals surface area contributed by atoms with Gasteiger partial charge < -0.3 is 35.0 Å². The highest BCUT2D eigenvalue weighted by Crippen LogP contribution is 2.22. The van der Waals surface area contributed by atoms with Gasteiger partial charge >= 0.3 is 5.97 Å². The van der Waals surface area contributed by atoms with E-state index in [-0.39, 0.29) is 6.42 Å². The van der Waals surface area contributed by atoms with Crippen LogP contribution in [0.3, 0.4) is 0 Å². The van der Waals surface area contributed by atoms with Crippen molar-refractivity contribution in [1.82, 2.24) is 0 Å². The number of carbonyl (C=O) groups is 1. The van der Waals surface area contributed by atoms with Gasteiger partial charge in [-0.3, -0.25) is 4.79 Å². The van der Waals surface area contributed by atoms with Crippen LogP contribution in [0.25, 0.3) is 0 Å². The van der Waals surface area contributed by atoms with Gasteiger partial charge in [0.05, 0.1) is 6.61 Å². The van der Waals surface area contributed by atoms with Crippen LogP contribution >= 0.6 is 0 Å². The zero-order valence-corrected chi connectivity index (χ0v) is 13.2. The number of carboxylic acid groups (broad SMARTS) is 1. The Labute approximate surface area is 135 Å². The van der Waals surface area contributed by atoms with Gasteiger partial charge in [0, 0.05) is 13.0 Å². The Kier molecular flexibility index (Phi) is 9.61. The van der Waals surface area contributed by atoms with Gasteiger partial charge in [-0.2, -0.15) is 0 Å². The minimum absolute atomic E-state index is 0.209. The van der Waals surface area contributed by atoms with E-state index in [1.807, 2.05) is 0 Å². The van der Waals surface area contributed by atoms with Gasteiger partial charge in [0.2, 0.25) is 0 Å². The molecule has 0 radical (unpaired) electrons. The van der Waals surface area contributed by atoms with Crippen LogP contribution in [0.4, 0.5) is 0 Å². The summed E-state index contributed by atoms with van der Waals surface area (Å²) in [5, 5.41) is 46.6. The molecule has 0 amide bonds. The molecule has 1 heterocycles. The number of hydrogen-bond donors (Lipinski definition) is 5. The van der Waals surface area contributed by atoms with Crippen molar-refractivity contribution in [1.29, 1.82) is 0 Å². The Morgan fingerprint density at radius 3 is 2.13 bits per heavy atom. The van der Waals surface area contributed by atoms with Gasteiger partial charge in [-0.15, -0.1) is 0 Å². The average molecular weight is 336 g/mol. The van der Waals surface area contributed by atoms with E-state index in [9.17, 15) is 20.1 Å².